The molecule has 0 saturated heterocycles. The molecule has 0 aromatic heterocycles. The first-order valence-corrected chi connectivity index (χ1v) is 6.60. The molecule has 1 heterocycles. The zero-order valence-corrected chi connectivity index (χ0v) is 10.6. The molecule has 4 heteroatoms. The summed E-state index contributed by atoms with van der Waals surface area (Å²) in [5.41, 5.74) is 1.21. The van der Waals surface area contributed by atoms with E-state index < -0.39 is 0 Å². The van der Waals surface area contributed by atoms with Crippen molar-refractivity contribution in [3.8, 4) is 0 Å². The Morgan fingerprint density at radius 3 is 3.19 bits per heavy atom. The van der Waals surface area contributed by atoms with Crippen LogP contribution >= 0.6 is 24.0 Å². The summed E-state index contributed by atoms with van der Waals surface area (Å²) in [5, 5.41) is 3.96. The van der Waals surface area contributed by atoms with E-state index in [0.29, 0.717) is 6.54 Å². The SMILES string of the molecule is C=CCNC(=S)N1CCSc2ccccc21. The summed E-state index contributed by atoms with van der Waals surface area (Å²) in [4.78, 5) is 3.46. The second-order valence-corrected chi connectivity index (χ2v) is 4.97. The molecule has 1 aliphatic heterocycles. The highest BCUT2D eigenvalue weighted by Gasteiger charge is 2.19. The summed E-state index contributed by atoms with van der Waals surface area (Å²) in [6.45, 7) is 5.35. The Kier molecular flexibility index (Phi) is 3.85. The van der Waals surface area contributed by atoms with Crippen molar-refractivity contribution in [2.24, 2.45) is 0 Å². The van der Waals surface area contributed by atoms with Gasteiger partial charge in [-0.1, -0.05) is 18.2 Å². The predicted octanol–water partition coefficient (Wildman–Crippen LogP) is 2.66. The maximum Gasteiger partial charge on any atom is 0.173 e. The molecule has 1 aromatic rings. The molecule has 0 fully saturated rings. The summed E-state index contributed by atoms with van der Waals surface area (Å²) in [7, 11) is 0. The van der Waals surface area contributed by atoms with Gasteiger partial charge in [0.25, 0.3) is 0 Å². The number of fused-ring (bicyclic) bond motifs is 1. The van der Waals surface area contributed by atoms with E-state index in [4.69, 9.17) is 12.2 Å². The zero-order chi connectivity index (χ0) is 11.4. The first-order chi connectivity index (χ1) is 7.83. The van der Waals surface area contributed by atoms with Crippen molar-refractivity contribution >= 4 is 34.8 Å². The number of nitrogens with one attached hydrogen (secondary N) is 1. The van der Waals surface area contributed by atoms with Crippen LogP contribution in [0.25, 0.3) is 0 Å². The number of thiocarbonyl (C=S) groups is 1. The molecule has 0 radical (unpaired) electrons. The van der Waals surface area contributed by atoms with Gasteiger partial charge in [0.1, 0.15) is 0 Å². The Morgan fingerprint density at radius 1 is 1.56 bits per heavy atom. The van der Waals surface area contributed by atoms with Crippen LogP contribution in [-0.2, 0) is 0 Å². The maximum absolute atomic E-state index is 5.37. The van der Waals surface area contributed by atoms with Gasteiger partial charge in [0.05, 0.1) is 5.69 Å². The van der Waals surface area contributed by atoms with E-state index in [1.54, 1.807) is 0 Å². The highest BCUT2D eigenvalue weighted by molar-refractivity contribution is 7.99. The van der Waals surface area contributed by atoms with Crippen molar-refractivity contribution in [1.29, 1.82) is 0 Å². The molecule has 0 amide bonds. The minimum atomic E-state index is 0.713. The molecule has 0 bridgehead atoms. The van der Waals surface area contributed by atoms with Gasteiger partial charge in [0.2, 0.25) is 0 Å². The smallest absolute Gasteiger partial charge is 0.173 e. The summed E-state index contributed by atoms with van der Waals surface area (Å²) in [6, 6.07) is 8.37. The molecular weight excluding hydrogens is 236 g/mol. The summed E-state index contributed by atoms with van der Waals surface area (Å²) in [6.07, 6.45) is 1.82. The van der Waals surface area contributed by atoms with Gasteiger partial charge >= 0.3 is 0 Å². The molecule has 1 aliphatic rings. The molecule has 0 aliphatic carbocycles. The van der Waals surface area contributed by atoms with Gasteiger partial charge in [-0.25, -0.2) is 0 Å². The van der Waals surface area contributed by atoms with E-state index in [1.165, 1.54) is 10.6 Å². The van der Waals surface area contributed by atoms with Crippen molar-refractivity contribution in [2.75, 3.05) is 23.7 Å². The van der Waals surface area contributed by atoms with Crippen molar-refractivity contribution in [3.05, 3.63) is 36.9 Å². The van der Waals surface area contributed by atoms with Crippen LogP contribution in [0.2, 0.25) is 0 Å². The Labute approximate surface area is 106 Å². The van der Waals surface area contributed by atoms with Crippen molar-refractivity contribution in [2.45, 2.75) is 4.90 Å². The van der Waals surface area contributed by atoms with E-state index >= 15 is 0 Å². The fraction of sp³-hybridized carbons (Fsp3) is 0.250. The van der Waals surface area contributed by atoms with Crippen LogP contribution in [0.1, 0.15) is 0 Å². The van der Waals surface area contributed by atoms with Crippen LogP contribution in [0.3, 0.4) is 0 Å². The van der Waals surface area contributed by atoms with Gasteiger partial charge in [-0.05, 0) is 24.4 Å². The minimum absolute atomic E-state index is 0.713. The van der Waals surface area contributed by atoms with Gasteiger partial charge < -0.3 is 10.2 Å². The quantitative estimate of drug-likeness (QED) is 0.641. The summed E-state index contributed by atoms with van der Waals surface area (Å²) < 4.78 is 0. The third-order valence-electron chi connectivity index (χ3n) is 2.37. The van der Waals surface area contributed by atoms with E-state index in [2.05, 4.69) is 35.0 Å². The molecule has 16 heavy (non-hydrogen) atoms. The number of para-hydroxylation sites is 1. The second kappa shape index (κ2) is 5.37. The normalized spacial score (nSPS) is 14.1. The van der Waals surface area contributed by atoms with Crippen LogP contribution in [0.4, 0.5) is 5.69 Å². The lowest BCUT2D eigenvalue weighted by Crippen LogP contribution is -2.42. The largest absolute Gasteiger partial charge is 0.359 e. The average Bonchev–Trinajstić information content (AvgIpc) is 2.35. The van der Waals surface area contributed by atoms with E-state index in [9.17, 15) is 0 Å². The molecule has 1 N–H and O–H groups in total. The number of nitrogens with zero attached hydrogens (tertiary/aromatic N) is 1. The van der Waals surface area contributed by atoms with Crippen LogP contribution in [0.15, 0.2) is 41.8 Å². The lowest BCUT2D eigenvalue weighted by molar-refractivity contribution is 0.957. The summed E-state index contributed by atoms with van der Waals surface area (Å²) in [5.74, 6) is 1.08. The van der Waals surface area contributed by atoms with Gasteiger partial charge in [-0.15, -0.1) is 18.3 Å². The number of thioether (sulfide) groups is 1. The number of hydrogen-bond donors (Lipinski definition) is 1. The third-order valence-corrected chi connectivity index (χ3v) is 3.78. The summed E-state index contributed by atoms with van der Waals surface area (Å²) >= 11 is 7.26. The molecule has 0 spiro atoms. The molecule has 2 rings (SSSR count). The van der Waals surface area contributed by atoms with Gasteiger partial charge in [0.15, 0.2) is 5.11 Å². The first-order valence-electron chi connectivity index (χ1n) is 5.21. The fourth-order valence-corrected chi connectivity index (χ4v) is 2.90. The molecule has 0 atom stereocenters. The molecule has 1 aromatic carbocycles. The lowest BCUT2D eigenvalue weighted by atomic mass is 10.3. The molecular formula is C12H14N2S2. The van der Waals surface area contributed by atoms with Crippen LogP contribution in [-0.4, -0.2) is 24.0 Å². The molecule has 84 valence electrons. The van der Waals surface area contributed by atoms with Crippen molar-refractivity contribution < 1.29 is 0 Å². The van der Waals surface area contributed by atoms with Gasteiger partial charge in [-0.2, -0.15) is 0 Å². The van der Waals surface area contributed by atoms with Gasteiger partial charge in [0, 0.05) is 23.7 Å². The molecule has 2 nitrogen and oxygen atoms in total. The number of anilines is 1. The van der Waals surface area contributed by atoms with Crippen molar-refractivity contribution in [3.63, 3.8) is 0 Å². The molecule has 0 unspecified atom stereocenters. The Balaban J connectivity index is 2.18. The Hall–Kier alpha value is -1.00. The Bertz CT molecular complexity index is 404. The highest BCUT2D eigenvalue weighted by Crippen LogP contribution is 2.34. The Morgan fingerprint density at radius 2 is 2.38 bits per heavy atom. The highest BCUT2D eigenvalue weighted by atomic mass is 32.2. The molecule has 0 saturated carbocycles. The number of benzene rings is 1. The topological polar surface area (TPSA) is 15.3 Å². The zero-order valence-electron chi connectivity index (χ0n) is 8.98. The average molecular weight is 250 g/mol. The second-order valence-electron chi connectivity index (χ2n) is 3.44. The van der Waals surface area contributed by atoms with E-state index in [0.717, 1.165) is 17.4 Å². The minimum Gasteiger partial charge on any atom is -0.359 e. The lowest BCUT2D eigenvalue weighted by Gasteiger charge is -2.31. The van der Waals surface area contributed by atoms with Crippen LogP contribution in [0, 0.1) is 0 Å². The first kappa shape index (κ1) is 11.5. The van der Waals surface area contributed by atoms with Crippen LogP contribution in [0.5, 0.6) is 0 Å². The van der Waals surface area contributed by atoms with Crippen molar-refractivity contribution in [1.82, 2.24) is 5.32 Å². The maximum atomic E-state index is 5.37. The van der Waals surface area contributed by atoms with E-state index in [1.807, 2.05) is 23.9 Å². The third kappa shape index (κ3) is 2.39. The van der Waals surface area contributed by atoms with E-state index in [-0.39, 0.29) is 0 Å². The number of hydrogen-bond acceptors (Lipinski definition) is 2. The van der Waals surface area contributed by atoms with Crippen LogP contribution < -0.4 is 10.2 Å². The monoisotopic (exact) mass is 250 g/mol. The van der Waals surface area contributed by atoms with Gasteiger partial charge in [-0.3, -0.25) is 0 Å². The fourth-order valence-electron chi connectivity index (χ4n) is 1.64. The standard InChI is InChI=1S/C12H14N2S2/c1-2-7-13-12(15)14-8-9-16-11-6-4-3-5-10(11)14/h2-6H,1,7-9H2,(H,13,15). The predicted molar refractivity (Wildman–Crippen MR) is 75.3 cm³/mol. The number of rotatable bonds is 2.